The SMILES string of the molecule is CCN(CC)CCN1CCc2[nH]c(/C=C3\C(=O)Nc4ncnc(Nc5ccc(F)c(Cl)c5)c43)c(C)c2C1=O. The first-order valence-electron chi connectivity index (χ1n) is 12.6. The molecule has 5 rings (SSSR count). The van der Waals surface area contributed by atoms with Crippen molar-refractivity contribution in [2.24, 2.45) is 0 Å². The molecule has 4 heterocycles. The van der Waals surface area contributed by atoms with Gasteiger partial charge in [-0.3, -0.25) is 9.59 Å². The monoisotopic (exact) mass is 537 g/mol. The second-order valence-corrected chi connectivity index (χ2v) is 9.71. The maximum absolute atomic E-state index is 13.6. The zero-order valence-electron chi connectivity index (χ0n) is 21.5. The van der Waals surface area contributed by atoms with Crippen LogP contribution in [-0.2, 0) is 11.2 Å². The Hall–Kier alpha value is -3.76. The normalized spacial score (nSPS) is 15.7. The first-order valence-corrected chi connectivity index (χ1v) is 13.0. The number of likely N-dealkylation sites (N-methyl/N-ethyl adjacent to an activating group) is 1. The summed E-state index contributed by atoms with van der Waals surface area (Å²) in [6.07, 6.45) is 3.78. The van der Waals surface area contributed by atoms with E-state index in [1.807, 2.05) is 11.8 Å². The van der Waals surface area contributed by atoms with Crippen molar-refractivity contribution >= 4 is 52.4 Å². The van der Waals surface area contributed by atoms with E-state index in [0.29, 0.717) is 59.2 Å². The van der Waals surface area contributed by atoms with E-state index in [4.69, 9.17) is 11.6 Å². The molecule has 0 saturated carbocycles. The predicted molar refractivity (Wildman–Crippen MR) is 146 cm³/mol. The van der Waals surface area contributed by atoms with Gasteiger partial charge in [-0.15, -0.1) is 0 Å². The van der Waals surface area contributed by atoms with Gasteiger partial charge in [-0.05, 0) is 49.9 Å². The van der Waals surface area contributed by atoms with Crippen molar-refractivity contribution in [3.63, 3.8) is 0 Å². The number of halogens is 2. The first-order chi connectivity index (χ1) is 18.3. The molecular formula is C27H29ClFN7O2. The molecule has 198 valence electrons. The average molecular weight is 538 g/mol. The molecule has 0 spiro atoms. The lowest BCUT2D eigenvalue weighted by Gasteiger charge is -2.29. The number of nitrogens with one attached hydrogen (secondary N) is 3. The number of rotatable bonds is 8. The Morgan fingerprint density at radius 1 is 1.21 bits per heavy atom. The van der Waals surface area contributed by atoms with Crippen LogP contribution >= 0.6 is 11.6 Å². The molecule has 0 unspecified atom stereocenters. The van der Waals surface area contributed by atoms with Gasteiger partial charge in [0.05, 0.1) is 21.7 Å². The van der Waals surface area contributed by atoms with E-state index < -0.39 is 5.82 Å². The van der Waals surface area contributed by atoms with Gasteiger partial charge in [-0.1, -0.05) is 25.4 Å². The Bertz CT molecular complexity index is 1450. The summed E-state index contributed by atoms with van der Waals surface area (Å²) < 4.78 is 13.6. The van der Waals surface area contributed by atoms with Crippen LogP contribution in [0.5, 0.6) is 0 Å². The van der Waals surface area contributed by atoms with E-state index in [9.17, 15) is 14.0 Å². The number of hydrogen-bond donors (Lipinski definition) is 3. The van der Waals surface area contributed by atoms with Gasteiger partial charge in [0.25, 0.3) is 11.8 Å². The first kappa shape index (κ1) is 25.9. The molecule has 38 heavy (non-hydrogen) atoms. The fraction of sp³-hybridized carbons (Fsp3) is 0.333. The summed E-state index contributed by atoms with van der Waals surface area (Å²) in [5.74, 6) is -0.129. The van der Waals surface area contributed by atoms with Crippen LogP contribution < -0.4 is 10.6 Å². The molecule has 0 atom stereocenters. The molecule has 0 saturated heterocycles. The molecule has 2 aliphatic rings. The Morgan fingerprint density at radius 2 is 2.00 bits per heavy atom. The summed E-state index contributed by atoms with van der Waals surface area (Å²) >= 11 is 5.93. The Kier molecular flexibility index (Phi) is 7.18. The fourth-order valence-corrected chi connectivity index (χ4v) is 5.11. The number of aromatic amines is 1. The topological polar surface area (TPSA) is 106 Å². The van der Waals surface area contributed by atoms with Crippen molar-refractivity contribution in [2.75, 3.05) is 43.4 Å². The highest BCUT2D eigenvalue weighted by molar-refractivity contribution is 6.35. The third kappa shape index (κ3) is 4.77. The van der Waals surface area contributed by atoms with Crippen molar-refractivity contribution in [1.29, 1.82) is 0 Å². The number of nitrogens with zero attached hydrogens (tertiary/aromatic N) is 4. The predicted octanol–water partition coefficient (Wildman–Crippen LogP) is 4.48. The van der Waals surface area contributed by atoms with Crippen LogP contribution in [0.25, 0.3) is 11.6 Å². The van der Waals surface area contributed by atoms with E-state index in [0.717, 1.165) is 30.9 Å². The third-order valence-corrected chi connectivity index (χ3v) is 7.43. The van der Waals surface area contributed by atoms with Gasteiger partial charge in [-0.25, -0.2) is 14.4 Å². The van der Waals surface area contributed by atoms with Crippen LogP contribution in [0, 0.1) is 12.7 Å². The number of anilines is 3. The maximum atomic E-state index is 13.6. The standard InChI is InChI=1S/C27H29ClFN7O2/c1-4-35(5-2)10-11-36-9-8-20-22(27(36)38)15(3)21(33-20)13-17-23-24(30-14-31-25(23)34-26(17)37)32-16-6-7-19(29)18(28)12-16/h6-7,12-14,33H,4-5,8-11H2,1-3H3,(H2,30,31,32,34,37)/b17-13-. The van der Waals surface area contributed by atoms with Crippen molar-refractivity contribution < 1.29 is 14.0 Å². The highest BCUT2D eigenvalue weighted by Crippen LogP contribution is 2.38. The minimum Gasteiger partial charge on any atom is -0.358 e. The molecule has 2 aromatic heterocycles. The highest BCUT2D eigenvalue weighted by Gasteiger charge is 2.32. The van der Waals surface area contributed by atoms with E-state index >= 15 is 0 Å². The van der Waals surface area contributed by atoms with E-state index in [-0.39, 0.29) is 16.8 Å². The Morgan fingerprint density at radius 3 is 2.74 bits per heavy atom. The number of fused-ring (bicyclic) bond motifs is 2. The summed E-state index contributed by atoms with van der Waals surface area (Å²) in [4.78, 5) is 42.4. The van der Waals surface area contributed by atoms with Crippen molar-refractivity contribution in [3.05, 3.63) is 63.4 Å². The molecule has 2 amide bonds. The largest absolute Gasteiger partial charge is 0.358 e. The molecule has 0 fully saturated rings. The van der Waals surface area contributed by atoms with Gasteiger partial charge < -0.3 is 25.4 Å². The highest BCUT2D eigenvalue weighted by atomic mass is 35.5. The van der Waals surface area contributed by atoms with Crippen molar-refractivity contribution in [2.45, 2.75) is 27.2 Å². The number of H-pyrrole nitrogens is 1. The second kappa shape index (κ2) is 10.5. The van der Waals surface area contributed by atoms with Gasteiger partial charge in [-0.2, -0.15) is 0 Å². The molecule has 2 aliphatic heterocycles. The summed E-state index contributed by atoms with van der Waals surface area (Å²) in [5.41, 5.74) is 4.37. The molecular weight excluding hydrogens is 509 g/mol. The van der Waals surface area contributed by atoms with Crippen LogP contribution in [0.2, 0.25) is 5.02 Å². The van der Waals surface area contributed by atoms with E-state index in [2.05, 4.69) is 44.3 Å². The molecule has 0 aliphatic carbocycles. The minimum absolute atomic E-state index is 0.00644. The zero-order chi connectivity index (χ0) is 27.0. The fourth-order valence-electron chi connectivity index (χ4n) is 4.93. The number of aromatic nitrogens is 3. The Balaban J connectivity index is 1.46. The van der Waals surface area contributed by atoms with E-state index in [1.54, 1.807) is 6.08 Å². The molecule has 0 radical (unpaired) electrons. The zero-order valence-corrected chi connectivity index (χ0v) is 22.2. The van der Waals surface area contributed by atoms with Crippen LogP contribution in [0.1, 0.15) is 46.7 Å². The summed E-state index contributed by atoms with van der Waals surface area (Å²) in [5, 5.41) is 5.85. The number of carbonyl (C=O) groups is 2. The van der Waals surface area contributed by atoms with Gasteiger partial charge in [0, 0.05) is 43.1 Å². The molecule has 11 heteroatoms. The lowest BCUT2D eigenvalue weighted by molar-refractivity contribution is -0.110. The van der Waals surface area contributed by atoms with Crippen LogP contribution in [-0.4, -0.2) is 69.3 Å². The van der Waals surface area contributed by atoms with E-state index in [1.165, 1.54) is 24.5 Å². The summed E-state index contributed by atoms with van der Waals surface area (Å²) in [7, 11) is 0. The van der Waals surface area contributed by atoms with Gasteiger partial charge in [0.1, 0.15) is 23.8 Å². The van der Waals surface area contributed by atoms with Gasteiger partial charge in [0.2, 0.25) is 0 Å². The Labute approximate surface area is 225 Å². The average Bonchev–Trinajstić information content (AvgIpc) is 3.40. The lowest BCUT2D eigenvalue weighted by atomic mass is 10.0. The lowest BCUT2D eigenvalue weighted by Crippen LogP contribution is -2.42. The third-order valence-electron chi connectivity index (χ3n) is 7.14. The van der Waals surface area contributed by atoms with Gasteiger partial charge in [0.15, 0.2) is 0 Å². The smallest absolute Gasteiger partial charge is 0.257 e. The van der Waals surface area contributed by atoms with Crippen molar-refractivity contribution in [3.8, 4) is 0 Å². The summed E-state index contributed by atoms with van der Waals surface area (Å²) in [6, 6.07) is 4.23. The molecule has 0 bridgehead atoms. The molecule has 9 nitrogen and oxygen atoms in total. The summed E-state index contributed by atoms with van der Waals surface area (Å²) in [6.45, 7) is 10.2. The number of hydrogen-bond acceptors (Lipinski definition) is 6. The van der Waals surface area contributed by atoms with Crippen LogP contribution in [0.3, 0.4) is 0 Å². The van der Waals surface area contributed by atoms with Gasteiger partial charge >= 0.3 is 0 Å². The van der Waals surface area contributed by atoms with Crippen molar-refractivity contribution in [1.82, 2.24) is 24.8 Å². The minimum atomic E-state index is -0.532. The second-order valence-electron chi connectivity index (χ2n) is 9.30. The maximum Gasteiger partial charge on any atom is 0.257 e. The van der Waals surface area contributed by atoms with Crippen LogP contribution in [0.15, 0.2) is 24.5 Å². The number of carbonyl (C=O) groups excluding carboxylic acids is 2. The quantitative estimate of drug-likeness (QED) is 0.366. The number of benzene rings is 1. The van der Waals surface area contributed by atoms with Crippen LogP contribution in [0.4, 0.5) is 21.7 Å². The molecule has 3 N–H and O–H groups in total. The number of amides is 2. The molecule has 1 aromatic carbocycles. The molecule has 3 aromatic rings.